The van der Waals surface area contributed by atoms with Gasteiger partial charge in [-0.3, -0.25) is 11.3 Å². The summed E-state index contributed by atoms with van der Waals surface area (Å²) in [7, 11) is 0. The molecule has 0 aliphatic heterocycles. The molecular weight excluding hydrogens is 310 g/mol. The fourth-order valence-corrected chi connectivity index (χ4v) is 1.94. The summed E-state index contributed by atoms with van der Waals surface area (Å²) in [5.74, 6) is 1.27. The number of hydrogen-bond acceptors (Lipinski definition) is 2. The molecule has 1 rings (SSSR count). The number of benzene rings is 1. The zero-order chi connectivity index (χ0) is 15.7. The van der Waals surface area contributed by atoms with Crippen molar-refractivity contribution in [1.29, 1.82) is 0 Å². The van der Waals surface area contributed by atoms with Crippen LogP contribution in [0.5, 0.6) is 0 Å². The van der Waals surface area contributed by atoms with E-state index in [2.05, 4.69) is 0 Å². The Bertz CT molecular complexity index is 457. The molecular formula is C11H11ClF6N2. The highest BCUT2D eigenvalue weighted by atomic mass is 35.5. The third-order valence-corrected chi connectivity index (χ3v) is 3.18. The summed E-state index contributed by atoms with van der Waals surface area (Å²) in [6.07, 6.45) is -11.0. The maximum absolute atomic E-state index is 12.7. The van der Waals surface area contributed by atoms with E-state index in [1.807, 2.05) is 0 Å². The van der Waals surface area contributed by atoms with Crippen LogP contribution in [-0.4, -0.2) is 12.4 Å². The smallest absolute Gasteiger partial charge is 0.271 e. The Morgan fingerprint density at radius 1 is 1.10 bits per heavy atom. The van der Waals surface area contributed by atoms with Gasteiger partial charge in [-0.25, -0.2) is 0 Å². The molecule has 0 aliphatic rings. The molecule has 1 aromatic carbocycles. The van der Waals surface area contributed by atoms with E-state index in [0.717, 1.165) is 12.1 Å². The van der Waals surface area contributed by atoms with E-state index in [-0.39, 0.29) is 10.6 Å². The van der Waals surface area contributed by atoms with Crippen molar-refractivity contribution in [1.82, 2.24) is 5.43 Å². The Kier molecular flexibility index (Phi) is 4.94. The van der Waals surface area contributed by atoms with E-state index in [0.29, 0.717) is 5.56 Å². The fourth-order valence-electron chi connectivity index (χ4n) is 1.75. The highest BCUT2D eigenvalue weighted by Crippen LogP contribution is 2.46. The van der Waals surface area contributed by atoms with Crippen LogP contribution in [0.3, 0.4) is 0 Å². The lowest BCUT2D eigenvalue weighted by atomic mass is 9.91. The van der Waals surface area contributed by atoms with Crippen LogP contribution >= 0.6 is 11.6 Å². The quantitative estimate of drug-likeness (QED) is 0.504. The molecule has 0 saturated heterocycles. The minimum Gasteiger partial charge on any atom is -0.271 e. The van der Waals surface area contributed by atoms with E-state index in [9.17, 15) is 26.3 Å². The van der Waals surface area contributed by atoms with E-state index in [1.165, 1.54) is 6.07 Å². The Labute approximate surface area is 115 Å². The predicted molar refractivity (Wildman–Crippen MR) is 61.9 cm³/mol. The van der Waals surface area contributed by atoms with Crippen LogP contribution in [-0.2, 0) is 0 Å². The van der Waals surface area contributed by atoms with Gasteiger partial charge in [0.05, 0.1) is 6.04 Å². The zero-order valence-electron chi connectivity index (χ0n) is 10.1. The van der Waals surface area contributed by atoms with Crippen LogP contribution < -0.4 is 11.3 Å². The number of nitrogens with one attached hydrogen (secondary N) is 1. The minimum absolute atomic E-state index is 0.0610. The molecule has 0 spiro atoms. The first-order valence-corrected chi connectivity index (χ1v) is 5.72. The lowest BCUT2D eigenvalue weighted by Gasteiger charge is -2.30. The molecule has 0 saturated carbocycles. The van der Waals surface area contributed by atoms with Crippen LogP contribution in [0.4, 0.5) is 26.3 Å². The van der Waals surface area contributed by atoms with Gasteiger partial charge >= 0.3 is 12.4 Å². The predicted octanol–water partition coefficient (Wildman–Crippen LogP) is 3.89. The number of alkyl halides is 6. The monoisotopic (exact) mass is 320 g/mol. The Morgan fingerprint density at radius 2 is 1.60 bits per heavy atom. The Balaban J connectivity index is 3.30. The van der Waals surface area contributed by atoms with Crippen molar-refractivity contribution < 1.29 is 26.3 Å². The van der Waals surface area contributed by atoms with Gasteiger partial charge in [-0.1, -0.05) is 23.7 Å². The molecule has 1 unspecified atom stereocenters. The van der Waals surface area contributed by atoms with E-state index in [4.69, 9.17) is 17.4 Å². The zero-order valence-corrected chi connectivity index (χ0v) is 10.9. The van der Waals surface area contributed by atoms with E-state index in [1.54, 1.807) is 12.3 Å². The molecule has 114 valence electrons. The average Bonchev–Trinajstić information content (AvgIpc) is 2.26. The average molecular weight is 321 g/mol. The van der Waals surface area contributed by atoms with Crippen LogP contribution in [0, 0.1) is 12.8 Å². The highest BCUT2D eigenvalue weighted by Gasteiger charge is 2.60. The topological polar surface area (TPSA) is 38.0 Å². The molecule has 3 N–H and O–H groups in total. The Hall–Kier alpha value is -0.990. The molecule has 0 aromatic heterocycles. The van der Waals surface area contributed by atoms with E-state index >= 15 is 0 Å². The van der Waals surface area contributed by atoms with Crippen molar-refractivity contribution in [2.75, 3.05) is 0 Å². The number of nitrogens with two attached hydrogens (primary N) is 1. The van der Waals surface area contributed by atoms with Gasteiger partial charge in [0.25, 0.3) is 0 Å². The van der Waals surface area contributed by atoms with Crippen LogP contribution in [0.2, 0.25) is 5.02 Å². The maximum atomic E-state index is 12.7. The first-order chi connectivity index (χ1) is 8.98. The SMILES string of the molecule is Cc1ccc(C(NN)C(C(F)(F)F)C(F)(F)F)cc1Cl. The second-order valence-electron chi connectivity index (χ2n) is 4.21. The highest BCUT2D eigenvalue weighted by molar-refractivity contribution is 6.31. The summed E-state index contributed by atoms with van der Waals surface area (Å²) in [6.45, 7) is 1.57. The summed E-state index contributed by atoms with van der Waals surface area (Å²) in [5, 5.41) is 0.0610. The summed E-state index contributed by atoms with van der Waals surface area (Å²) in [6, 6.07) is 1.31. The lowest BCUT2D eigenvalue weighted by molar-refractivity contribution is -0.292. The molecule has 0 radical (unpaired) electrons. The van der Waals surface area contributed by atoms with E-state index < -0.39 is 24.3 Å². The van der Waals surface area contributed by atoms with Crippen molar-refractivity contribution in [2.45, 2.75) is 25.3 Å². The standard InChI is InChI=1S/C11H11ClF6N2/c1-5-2-3-6(4-7(5)12)8(20-19)9(10(13,14)15)11(16,17)18/h2-4,8-9,20H,19H2,1H3. The summed E-state index contributed by atoms with van der Waals surface area (Å²) >= 11 is 5.72. The first-order valence-electron chi connectivity index (χ1n) is 5.34. The number of rotatable bonds is 3. The normalized spacial score (nSPS) is 14.7. The van der Waals surface area contributed by atoms with Gasteiger partial charge < -0.3 is 0 Å². The maximum Gasteiger partial charge on any atom is 0.402 e. The van der Waals surface area contributed by atoms with Gasteiger partial charge in [0.2, 0.25) is 0 Å². The van der Waals surface area contributed by atoms with Crippen LogP contribution in [0.25, 0.3) is 0 Å². The third kappa shape index (κ3) is 3.77. The summed E-state index contributed by atoms with van der Waals surface area (Å²) in [4.78, 5) is 0. The van der Waals surface area contributed by atoms with Crippen molar-refractivity contribution in [3.05, 3.63) is 34.3 Å². The number of hydrazine groups is 1. The van der Waals surface area contributed by atoms with Crippen molar-refractivity contribution in [2.24, 2.45) is 11.8 Å². The van der Waals surface area contributed by atoms with Gasteiger partial charge in [0, 0.05) is 5.02 Å². The summed E-state index contributed by atoms with van der Waals surface area (Å²) < 4.78 is 76.0. The lowest BCUT2D eigenvalue weighted by Crippen LogP contribution is -2.47. The van der Waals surface area contributed by atoms with Gasteiger partial charge in [0.15, 0.2) is 5.92 Å². The second kappa shape index (κ2) is 5.79. The van der Waals surface area contributed by atoms with Crippen LogP contribution in [0.1, 0.15) is 17.2 Å². The minimum atomic E-state index is -5.49. The molecule has 9 heteroatoms. The van der Waals surface area contributed by atoms with Crippen molar-refractivity contribution >= 4 is 11.6 Å². The fraction of sp³-hybridized carbons (Fsp3) is 0.455. The largest absolute Gasteiger partial charge is 0.402 e. The van der Waals surface area contributed by atoms with Crippen molar-refractivity contribution in [3.8, 4) is 0 Å². The van der Waals surface area contributed by atoms with Crippen LogP contribution in [0.15, 0.2) is 18.2 Å². The Morgan fingerprint density at radius 3 is 1.95 bits per heavy atom. The molecule has 0 bridgehead atoms. The number of halogens is 7. The molecule has 1 atom stereocenters. The molecule has 0 amide bonds. The van der Waals surface area contributed by atoms with Gasteiger partial charge in [-0.05, 0) is 24.1 Å². The molecule has 0 heterocycles. The van der Waals surface area contributed by atoms with Gasteiger partial charge in [-0.2, -0.15) is 26.3 Å². The van der Waals surface area contributed by atoms with Gasteiger partial charge in [0.1, 0.15) is 0 Å². The number of hydrogen-bond donors (Lipinski definition) is 2. The third-order valence-electron chi connectivity index (χ3n) is 2.77. The summed E-state index contributed by atoms with van der Waals surface area (Å²) in [5.41, 5.74) is 1.82. The van der Waals surface area contributed by atoms with Crippen molar-refractivity contribution in [3.63, 3.8) is 0 Å². The molecule has 0 aliphatic carbocycles. The molecule has 0 fully saturated rings. The molecule has 2 nitrogen and oxygen atoms in total. The first kappa shape index (κ1) is 17.1. The number of aryl methyl sites for hydroxylation is 1. The van der Waals surface area contributed by atoms with Gasteiger partial charge in [-0.15, -0.1) is 0 Å². The second-order valence-corrected chi connectivity index (χ2v) is 4.62. The molecule has 1 aromatic rings. The molecule has 20 heavy (non-hydrogen) atoms.